The molecule has 0 radical (unpaired) electrons. The SMILES string of the molecule is CN=C1C=CC(=Nc2ccc(Nc3ccc(NC)cc3)cc2)C=C1. The quantitative estimate of drug-likeness (QED) is 0.800. The van der Waals surface area contributed by atoms with Crippen molar-refractivity contribution in [2.24, 2.45) is 9.98 Å². The van der Waals surface area contributed by atoms with Crippen LogP contribution in [0.5, 0.6) is 0 Å². The third-order valence-electron chi connectivity index (χ3n) is 3.70. The zero-order valence-electron chi connectivity index (χ0n) is 13.8. The summed E-state index contributed by atoms with van der Waals surface area (Å²) in [6, 6.07) is 16.2. The molecule has 0 fully saturated rings. The smallest absolute Gasteiger partial charge is 0.0638 e. The lowest BCUT2D eigenvalue weighted by Crippen LogP contribution is -1.99. The fraction of sp³-hybridized carbons (Fsp3) is 0.100. The van der Waals surface area contributed by atoms with E-state index in [4.69, 9.17) is 0 Å². The Bertz CT molecular complexity index is 792. The predicted molar refractivity (Wildman–Crippen MR) is 104 cm³/mol. The third-order valence-corrected chi connectivity index (χ3v) is 3.70. The molecule has 0 unspecified atom stereocenters. The molecule has 4 heteroatoms. The summed E-state index contributed by atoms with van der Waals surface area (Å²) in [6.45, 7) is 0. The summed E-state index contributed by atoms with van der Waals surface area (Å²) in [5.41, 5.74) is 5.98. The second-order valence-corrected chi connectivity index (χ2v) is 5.35. The molecule has 1 aliphatic carbocycles. The molecule has 0 amide bonds. The normalized spacial score (nSPS) is 12.9. The van der Waals surface area contributed by atoms with Crippen LogP contribution >= 0.6 is 0 Å². The average Bonchev–Trinajstić information content (AvgIpc) is 2.65. The molecule has 0 spiro atoms. The van der Waals surface area contributed by atoms with Gasteiger partial charge in [-0.15, -0.1) is 0 Å². The maximum Gasteiger partial charge on any atom is 0.0638 e. The summed E-state index contributed by atoms with van der Waals surface area (Å²) >= 11 is 0. The fourth-order valence-corrected chi connectivity index (χ4v) is 2.33. The second-order valence-electron chi connectivity index (χ2n) is 5.35. The first-order chi connectivity index (χ1) is 11.8. The molecule has 0 bridgehead atoms. The Morgan fingerprint density at radius 3 is 1.71 bits per heavy atom. The minimum absolute atomic E-state index is 0.922. The van der Waals surface area contributed by atoms with Gasteiger partial charge in [-0.3, -0.25) is 4.99 Å². The van der Waals surface area contributed by atoms with Crippen LogP contribution in [0.15, 0.2) is 82.8 Å². The molecule has 2 aromatic carbocycles. The van der Waals surface area contributed by atoms with E-state index in [9.17, 15) is 0 Å². The Hall–Kier alpha value is -3.14. The number of hydrogen-bond acceptors (Lipinski definition) is 4. The molecule has 24 heavy (non-hydrogen) atoms. The monoisotopic (exact) mass is 316 g/mol. The molecule has 3 rings (SSSR count). The van der Waals surface area contributed by atoms with E-state index in [-0.39, 0.29) is 0 Å². The van der Waals surface area contributed by atoms with Crippen LogP contribution in [0.3, 0.4) is 0 Å². The number of benzene rings is 2. The summed E-state index contributed by atoms with van der Waals surface area (Å²) in [4.78, 5) is 8.74. The number of hydrogen-bond donors (Lipinski definition) is 2. The van der Waals surface area contributed by atoms with E-state index in [0.717, 1.165) is 34.2 Å². The van der Waals surface area contributed by atoms with Crippen LogP contribution in [0.25, 0.3) is 0 Å². The number of aliphatic imine (C=N–C) groups is 2. The molecule has 0 aromatic heterocycles. The van der Waals surface area contributed by atoms with Gasteiger partial charge in [0.05, 0.1) is 17.1 Å². The number of nitrogens with zero attached hydrogens (tertiary/aromatic N) is 2. The van der Waals surface area contributed by atoms with E-state index in [1.54, 1.807) is 7.05 Å². The molecule has 0 saturated carbocycles. The maximum absolute atomic E-state index is 4.61. The summed E-state index contributed by atoms with van der Waals surface area (Å²) < 4.78 is 0. The van der Waals surface area contributed by atoms with Crippen LogP contribution in [0, 0.1) is 0 Å². The second kappa shape index (κ2) is 7.42. The number of anilines is 3. The standard InChI is InChI=1S/C20H20N4/c1-21-15-3-7-17(8-4-15)23-19-11-13-20(14-12-19)24-18-9-5-16(22-2)6-10-18/h3-14,21,23H,1-2H3. The van der Waals surface area contributed by atoms with Gasteiger partial charge in [-0.25, -0.2) is 4.99 Å². The first-order valence-corrected chi connectivity index (χ1v) is 7.83. The van der Waals surface area contributed by atoms with Crippen LogP contribution < -0.4 is 10.6 Å². The number of nitrogens with one attached hydrogen (secondary N) is 2. The summed E-state index contributed by atoms with van der Waals surface area (Å²) in [6.07, 6.45) is 7.86. The molecule has 2 aromatic rings. The van der Waals surface area contributed by atoms with E-state index < -0.39 is 0 Å². The van der Waals surface area contributed by atoms with Crippen molar-refractivity contribution in [1.29, 1.82) is 0 Å². The van der Waals surface area contributed by atoms with E-state index in [1.807, 2.05) is 79.9 Å². The highest BCUT2D eigenvalue weighted by Gasteiger charge is 2.00. The topological polar surface area (TPSA) is 48.8 Å². The molecule has 0 aliphatic heterocycles. The van der Waals surface area contributed by atoms with Crippen LogP contribution in [0.4, 0.5) is 22.7 Å². The van der Waals surface area contributed by atoms with Crippen LogP contribution in [-0.4, -0.2) is 25.5 Å². The Balaban J connectivity index is 1.68. The lowest BCUT2D eigenvalue weighted by molar-refractivity contribution is 1.45. The van der Waals surface area contributed by atoms with Gasteiger partial charge in [0, 0.05) is 31.2 Å². The maximum atomic E-state index is 4.61. The van der Waals surface area contributed by atoms with Crippen molar-refractivity contribution in [3.05, 3.63) is 72.8 Å². The van der Waals surface area contributed by atoms with Gasteiger partial charge in [0.15, 0.2) is 0 Å². The Labute approximate surface area is 142 Å². The zero-order chi connectivity index (χ0) is 16.8. The lowest BCUT2D eigenvalue weighted by Gasteiger charge is -2.08. The molecule has 2 N–H and O–H groups in total. The van der Waals surface area contributed by atoms with Gasteiger partial charge in [-0.05, 0) is 72.8 Å². The van der Waals surface area contributed by atoms with Gasteiger partial charge in [0.2, 0.25) is 0 Å². The average molecular weight is 316 g/mol. The van der Waals surface area contributed by atoms with Gasteiger partial charge in [-0.1, -0.05) is 0 Å². The van der Waals surface area contributed by atoms with Crippen molar-refractivity contribution < 1.29 is 0 Å². The summed E-state index contributed by atoms with van der Waals surface area (Å²) in [5.74, 6) is 0. The van der Waals surface area contributed by atoms with E-state index in [1.165, 1.54) is 0 Å². The highest BCUT2D eigenvalue weighted by Crippen LogP contribution is 2.22. The minimum atomic E-state index is 0.922. The van der Waals surface area contributed by atoms with E-state index in [2.05, 4.69) is 20.6 Å². The lowest BCUT2D eigenvalue weighted by atomic mass is 10.1. The van der Waals surface area contributed by atoms with Crippen LogP contribution in [0.1, 0.15) is 0 Å². The Morgan fingerprint density at radius 1 is 0.667 bits per heavy atom. The first-order valence-electron chi connectivity index (χ1n) is 7.83. The van der Waals surface area contributed by atoms with Gasteiger partial charge < -0.3 is 10.6 Å². The third kappa shape index (κ3) is 3.98. The fourth-order valence-electron chi connectivity index (χ4n) is 2.33. The van der Waals surface area contributed by atoms with Crippen molar-refractivity contribution in [1.82, 2.24) is 0 Å². The molecule has 120 valence electrons. The van der Waals surface area contributed by atoms with Crippen molar-refractivity contribution in [3.63, 3.8) is 0 Å². The Morgan fingerprint density at radius 2 is 1.17 bits per heavy atom. The number of allylic oxidation sites excluding steroid dienone is 4. The largest absolute Gasteiger partial charge is 0.388 e. The van der Waals surface area contributed by atoms with Crippen molar-refractivity contribution in [3.8, 4) is 0 Å². The predicted octanol–water partition coefficient (Wildman–Crippen LogP) is 4.74. The molecule has 1 aliphatic rings. The van der Waals surface area contributed by atoms with E-state index in [0.29, 0.717) is 0 Å². The van der Waals surface area contributed by atoms with E-state index >= 15 is 0 Å². The highest BCUT2D eigenvalue weighted by atomic mass is 14.9. The summed E-state index contributed by atoms with van der Waals surface area (Å²) in [7, 11) is 3.69. The minimum Gasteiger partial charge on any atom is -0.388 e. The van der Waals surface area contributed by atoms with Gasteiger partial charge >= 0.3 is 0 Å². The number of rotatable bonds is 4. The summed E-state index contributed by atoms with van der Waals surface area (Å²) in [5, 5.41) is 6.49. The van der Waals surface area contributed by atoms with Crippen molar-refractivity contribution >= 4 is 34.2 Å². The molecule has 0 atom stereocenters. The van der Waals surface area contributed by atoms with Crippen LogP contribution in [-0.2, 0) is 0 Å². The van der Waals surface area contributed by atoms with Gasteiger partial charge in [-0.2, -0.15) is 0 Å². The molecular weight excluding hydrogens is 296 g/mol. The molecule has 0 heterocycles. The van der Waals surface area contributed by atoms with Crippen LogP contribution in [0.2, 0.25) is 0 Å². The zero-order valence-corrected chi connectivity index (χ0v) is 13.8. The molecule has 0 saturated heterocycles. The van der Waals surface area contributed by atoms with Gasteiger partial charge in [0.1, 0.15) is 0 Å². The molecular formula is C20H20N4. The molecule has 4 nitrogen and oxygen atoms in total. The van der Waals surface area contributed by atoms with Gasteiger partial charge in [0.25, 0.3) is 0 Å². The highest BCUT2D eigenvalue weighted by molar-refractivity contribution is 6.18. The van der Waals surface area contributed by atoms with Crippen molar-refractivity contribution in [2.45, 2.75) is 0 Å². The first kappa shape index (κ1) is 15.7. The Kier molecular flexibility index (Phi) is 4.87. The van der Waals surface area contributed by atoms with Crippen molar-refractivity contribution in [2.75, 3.05) is 24.7 Å².